The number of nitrogens with one attached hydrogen (secondary N) is 1. The summed E-state index contributed by atoms with van der Waals surface area (Å²) < 4.78 is 2.58. The average molecular weight is 394 g/mol. The molecular weight excluding hydrogens is 366 g/mol. The van der Waals surface area contributed by atoms with Crippen LogP contribution in [-0.4, -0.2) is 21.7 Å². The van der Waals surface area contributed by atoms with Crippen LogP contribution in [0.5, 0.6) is 0 Å². The van der Waals surface area contributed by atoms with E-state index in [4.69, 9.17) is 0 Å². The Bertz CT molecular complexity index is 603. The van der Waals surface area contributed by atoms with Gasteiger partial charge >= 0.3 is 0 Å². The van der Waals surface area contributed by atoms with Crippen LogP contribution in [-0.2, 0) is 6.54 Å². The summed E-state index contributed by atoms with van der Waals surface area (Å²) >= 11 is 3.49. The first-order chi connectivity index (χ1) is 11.5. The number of halogens is 1. The molecule has 5 heteroatoms. The van der Waals surface area contributed by atoms with Gasteiger partial charge in [-0.2, -0.15) is 5.10 Å². The highest BCUT2D eigenvalue weighted by atomic mass is 79.9. The van der Waals surface area contributed by atoms with Crippen LogP contribution >= 0.6 is 15.9 Å². The highest BCUT2D eigenvalue weighted by Gasteiger charge is 2.54. The first-order valence-corrected chi connectivity index (χ1v) is 10.4. The van der Waals surface area contributed by atoms with Crippen molar-refractivity contribution in [2.45, 2.75) is 71.4 Å². The number of hydrogen-bond donors (Lipinski definition) is 1. The average Bonchev–Trinajstić information content (AvgIpc) is 2.91. The molecule has 0 aromatic carbocycles. The molecule has 5 rings (SSSR count). The number of rotatable bonds is 5. The molecule has 4 fully saturated rings. The van der Waals surface area contributed by atoms with Gasteiger partial charge in [-0.15, -0.1) is 0 Å². The van der Waals surface area contributed by atoms with Crippen molar-refractivity contribution in [3.05, 3.63) is 16.4 Å². The minimum Gasteiger partial charge on any atom is -0.347 e. The summed E-state index contributed by atoms with van der Waals surface area (Å²) in [6.45, 7) is 4.96. The zero-order valence-corrected chi connectivity index (χ0v) is 16.3. The molecule has 1 aromatic heterocycles. The fraction of sp³-hybridized carbons (Fsp3) is 0.789. The highest BCUT2D eigenvalue weighted by molar-refractivity contribution is 9.10. The Morgan fingerprint density at radius 3 is 2.38 bits per heavy atom. The van der Waals surface area contributed by atoms with E-state index in [0.29, 0.717) is 23.7 Å². The maximum Gasteiger partial charge on any atom is 0.270 e. The van der Waals surface area contributed by atoms with Crippen molar-refractivity contribution >= 4 is 21.8 Å². The van der Waals surface area contributed by atoms with E-state index >= 15 is 0 Å². The number of nitrogens with zero attached hydrogens (tertiary/aromatic N) is 2. The number of aromatic nitrogens is 2. The Labute approximate surface area is 152 Å². The number of aryl methyl sites for hydroxylation is 1. The smallest absolute Gasteiger partial charge is 0.270 e. The topological polar surface area (TPSA) is 46.9 Å². The number of hydrogen-bond acceptors (Lipinski definition) is 2. The lowest BCUT2D eigenvalue weighted by molar-refractivity contribution is -0.0727. The van der Waals surface area contributed by atoms with E-state index in [-0.39, 0.29) is 5.91 Å². The molecule has 1 unspecified atom stereocenters. The van der Waals surface area contributed by atoms with E-state index in [1.165, 1.54) is 38.5 Å². The van der Waals surface area contributed by atoms with Crippen LogP contribution in [0.4, 0.5) is 0 Å². The maximum absolute atomic E-state index is 13.0. The van der Waals surface area contributed by atoms with Gasteiger partial charge in [-0.1, -0.05) is 6.92 Å². The van der Waals surface area contributed by atoms with Gasteiger partial charge < -0.3 is 5.32 Å². The summed E-state index contributed by atoms with van der Waals surface area (Å²) in [7, 11) is 0. The van der Waals surface area contributed by atoms with Crippen LogP contribution in [0.3, 0.4) is 0 Å². The first-order valence-electron chi connectivity index (χ1n) is 9.56. The maximum atomic E-state index is 13.0. The molecule has 4 saturated carbocycles. The molecule has 1 amide bonds. The molecule has 4 nitrogen and oxygen atoms in total. The molecule has 1 aromatic rings. The van der Waals surface area contributed by atoms with E-state index in [0.717, 1.165) is 28.6 Å². The summed E-state index contributed by atoms with van der Waals surface area (Å²) in [5.41, 5.74) is 1.02. The second-order valence-electron chi connectivity index (χ2n) is 8.37. The lowest BCUT2D eigenvalue weighted by Crippen LogP contribution is -2.56. The standard InChI is InChI=1S/C19H28BrN3O/c1-3-16(22-18(24)17-15(20)11-21-23(17)4-2)19-8-12-5-13(9-19)7-14(6-12)10-19/h11-14,16H,3-10H2,1-2H3,(H,22,24). The quantitative estimate of drug-likeness (QED) is 0.805. The Morgan fingerprint density at radius 2 is 1.88 bits per heavy atom. The van der Waals surface area contributed by atoms with Gasteiger partial charge in [0, 0.05) is 12.6 Å². The molecule has 1 N–H and O–H groups in total. The fourth-order valence-electron chi connectivity index (χ4n) is 6.35. The van der Waals surface area contributed by atoms with Gasteiger partial charge in [-0.3, -0.25) is 9.48 Å². The van der Waals surface area contributed by atoms with E-state index in [9.17, 15) is 4.79 Å². The van der Waals surface area contributed by atoms with Crippen molar-refractivity contribution in [2.75, 3.05) is 0 Å². The summed E-state index contributed by atoms with van der Waals surface area (Å²) in [5.74, 6) is 2.77. The molecule has 4 bridgehead atoms. The Balaban J connectivity index is 1.56. The minimum atomic E-state index is 0.0313. The summed E-state index contributed by atoms with van der Waals surface area (Å²) in [6, 6.07) is 0.297. The number of amides is 1. The van der Waals surface area contributed by atoms with Crippen LogP contribution in [0.25, 0.3) is 0 Å². The first kappa shape index (κ1) is 16.6. The van der Waals surface area contributed by atoms with Gasteiger partial charge in [0.05, 0.1) is 10.7 Å². The van der Waals surface area contributed by atoms with Crippen molar-refractivity contribution < 1.29 is 4.79 Å². The van der Waals surface area contributed by atoms with E-state index in [1.54, 1.807) is 10.9 Å². The van der Waals surface area contributed by atoms with Gasteiger partial charge in [0.2, 0.25) is 0 Å². The molecule has 0 saturated heterocycles. The third-order valence-electron chi connectivity index (χ3n) is 6.85. The van der Waals surface area contributed by atoms with Gasteiger partial charge in [0.15, 0.2) is 0 Å². The molecule has 4 aliphatic carbocycles. The largest absolute Gasteiger partial charge is 0.347 e. The normalized spacial score (nSPS) is 35.2. The highest BCUT2D eigenvalue weighted by Crippen LogP contribution is 2.61. The van der Waals surface area contributed by atoms with E-state index in [2.05, 4.69) is 33.3 Å². The summed E-state index contributed by atoms with van der Waals surface area (Å²) in [6.07, 6.45) is 11.1. The summed E-state index contributed by atoms with van der Waals surface area (Å²) in [4.78, 5) is 13.0. The van der Waals surface area contributed by atoms with Crippen molar-refractivity contribution in [3.8, 4) is 0 Å². The lowest BCUT2D eigenvalue weighted by Gasteiger charge is -2.59. The van der Waals surface area contributed by atoms with Crippen molar-refractivity contribution in [3.63, 3.8) is 0 Å². The van der Waals surface area contributed by atoms with Crippen molar-refractivity contribution in [2.24, 2.45) is 23.2 Å². The number of carbonyl (C=O) groups is 1. The van der Waals surface area contributed by atoms with Crippen molar-refractivity contribution in [1.29, 1.82) is 0 Å². The molecule has 4 aliphatic rings. The predicted molar refractivity (Wildman–Crippen MR) is 97.8 cm³/mol. The summed E-state index contributed by atoms with van der Waals surface area (Å²) in [5, 5.41) is 7.70. The molecule has 1 heterocycles. The van der Waals surface area contributed by atoms with Gasteiger partial charge in [-0.05, 0) is 91.0 Å². The molecule has 0 spiro atoms. The Morgan fingerprint density at radius 1 is 1.29 bits per heavy atom. The second kappa shape index (κ2) is 6.15. The minimum absolute atomic E-state index is 0.0313. The molecular formula is C19H28BrN3O. The van der Waals surface area contributed by atoms with Crippen LogP contribution in [0.2, 0.25) is 0 Å². The third kappa shape index (κ3) is 2.63. The van der Waals surface area contributed by atoms with Crippen LogP contribution in [0.15, 0.2) is 10.7 Å². The second-order valence-corrected chi connectivity index (χ2v) is 9.23. The van der Waals surface area contributed by atoms with Crippen LogP contribution in [0.1, 0.15) is 69.3 Å². The van der Waals surface area contributed by atoms with E-state index < -0.39 is 0 Å². The van der Waals surface area contributed by atoms with Gasteiger partial charge in [0.25, 0.3) is 5.91 Å². The molecule has 132 valence electrons. The fourth-order valence-corrected chi connectivity index (χ4v) is 6.82. The molecule has 0 radical (unpaired) electrons. The van der Waals surface area contributed by atoms with Gasteiger partial charge in [-0.25, -0.2) is 0 Å². The number of carbonyl (C=O) groups excluding carboxylic acids is 1. The molecule has 1 atom stereocenters. The third-order valence-corrected chi connectivity index (χ3v) is 7.43. The SMILES string of the molecule is CCC(NC(=O)c1c(Br)cnn1CC)C12CC3CC(CC(C3)C1)C2. The van der Waals surface area contributed by atoms with Crippen LogP contribution in [0, 0.1) is 23.2 Å². The van der Waals surface area contributed by atoms with Crippen LogP contribution < -0.4 is 5.32 Å². The van der Waals surface area contributed by atoms with Crippen molar-refractivity contribution in [1.82, 2.24) is 15.1 Å². The monoisotopic (exact) mass is 393 g/mol. The predicted octanol–water partition coefficient (Wildman–Crippen LogP) is 4.39. The Kier molecular flexibility index (Phi) is 4.26. The zero-order valence-electron chi connectivity index (χ0n) is 14.7. The Hall–Kier alpha value is -0.840. The zero-order chi connectivity index (χ0) is 16.9. The molecule has 24 heavy (non-hydrogen) atoms. The van der Waals surface area contributed by atoms with E-state index in [1.807, 2.05) is 6.92 Å². The molecule has 0 aliphatic heterocycles. The van der Waals surface area contributed by atoms with Gasteiger partial charge in [0.1, 0.15) is 5.69 Å². The lowest BCUT2D eigenvalue weighted by atomic mass is 9.47.